The van der Waals surface area contributed by atoms with Gasteiger partial charge >= 0.3 is 0 Å². The number of ether oxygens (including phenoxy) is 2. The molecule has 0 aromatic heterocycles. The summed E-state index contributed by atoms with van der Waals surface area (Å²) < 4.78 is 12.4. The van der Waals surface area contributed by atoms with Crippen LogP contribution in [0.25, 0.3) is 0 Å². The highest BCUT2D eigenvalue weighted by Crippen LogP contribution is 2.48. The molecule has 1 saturated carbocycles. The van der Waals surface area contributed by atoms with Crippen LogP contribution >= 0.6 is 0 Å². The van der Waals surface area contributed by atoms with E-state index in [0.29, 0.717) is 61.5 Å². The summed E-state index contributed by atoms with van der Waals surface area (Å²) in [5.74, 6) is 13.3. The molecule has 0 spiro atoms. The van der Waals surface area contributed by atoms with E-state index >= 15 is 0 Å². The Bertz CT molecular complexity index is 1450. The number of aliphatic hydroxyl groups is 2. The Morgan fingerprint density at radius 3 is 2.53 bits per heavy atom. The molecule has 268 valence electrons. The van der Waals surface area contributed by atoms with Crippen molar-refractivity contribution in [3.05, 3.63) is 34.4 Å². The molecule has 0 amide bonds. The van der Waals surface area contributed by atoms with Crippen molar-refractivity contribution in [2.24, 2.45) is 40.1 Å². The van der Waals surface area contributed by atoms with Crippen LogP contribution in [0.2, 0.25) is 0 Å². The van der Waals surface area contributed by atoms with Crippen molar-refractivity contribution in [1.82, 2.24) is 0 Å². The summed E-state index contributed by atoms with van der Waals surface area (Å²) in [4.78, 5) is 17.9. The molecule has 0 heterocycles. The molecule has 1 aromatic carbocycles. The molecular weight excluding hydrogens is 618 g/mol. The van der Waals surface area contributed by atoms with Gasteiger partial charge < -0.3 is 36.3 Å². The first-order valence-electron chi connectivity index (χ1n) is 18.2. The Hall–Kier alpha value is -3.50. The normalized spacial score (nSPS) is 25.9. The van der Waals surface area contributed by atoms with Crippen LogP contribution in [0.3, 0.4) is 0 Å². The van der Waals surface area contributed by atoms with Crippen molar-refractivity contribution >= 4 is 11.7 Å². The van der Waals surface area contributed by atoms with Crippen LogP contribution in [0, 0.1) is 47.4 Å². The third kappa shape index (κ3) is 10.5. The van der Waals surface area contributed by atoms with E-state index in [1.165, 1.54) is 0 Å². The quantitative estimate of drug-likeness (QED) is 0.0834. The number of aliphatic hydroxyl groups excluding tert-OH is 2. The average Bonchev–Trinajstić information content (AvgIpc) is 3.59. The van der Waals surface area contributed by atoms with Crippen LogP contribution in [-0.2, 0) is 16.0 Å². The predicted octanol–water partition coefficient (Wildman–Crippen LogP) is 5.12. The molecule has 0 aliphatic heterocycles. The molecule has 0 radical (unpaired) electrons. The van der Waals surface area contributed by atoms with E-state index in [4.69, 9.17) is 20.9 Å². The highest BCUT2D eigenvalue weighted by molar-refractivity contribution is 5.90. The molecule has 9 nitrogen and oxygen atoms in total. The number of methoxy groups -OCH3 is 1. The lowest BCUT2D eigenvalue weighted by Crippen LogP contribution is -2.36. The maximum absolute atomic E-state index is 13.2. The van der Waals surface area contributed by atoms with Crippen molar-refractivity contribution in [3.63, 3.8) is 0 Å². The number of phenolic OH excluding ortho intramolecular Hbond substituents is 1. The summed E-state index contributed by atoms with van der Waals surface area (Å²) in [6.07, 6.45) is 10.9. The summed E-state index contributed by atoms with van der Waals surface area (Å²) >= 11 is 0. The minimum atomic E-state index is -0.409. The molecule has 1 aromatic rings. The summed E-state index contributed by atoms with van der Waals surface area (Å²) in [5.41, 5.74) is 14.8. The van der Waals surface area contributed by atoms with Gasteiger partial charge in [0.1, 0.15) is 0 Å². The van der Waals surface area contributed by atoms with Crippen LogP contribution in [-0.4, -0.2) is 66.1 Å². The van der Waals surface area contributed by atoms with Gasteiger partial charge in [-0.2, -0.15) is 0 Å². The SMILES string of the molecule is CCCC(=CC(=O)CCc1cc(OC2CCCC2)c(O)c2c1C#CC1CC#CCC(C)CCC2C(COC)C(CO)CC1N=C(N)N)CO. The van der Waals surface area contributed by atoms with Crippen molar-refractivity contribution in [1.29, 1.82) is 0 Å². The van der Waals surface area contributed by atoms with Crippen LogP contribution in [0.5, 0.6) is 11.5 Å². The molecule has 9 heteroatoms. The lowest BCUT2D eigenvalue weighted by molar-refractivity contribution is -0.114. The van der Waals surface area contributed by atoms with E-state index in [1.54, 1.807) is 13.2 Å². The largest absolute Gasteiger partial charge is 0.504 e. The van der Waals surface area contributed by atoms with Gasteiger partial charge in [0.2, 0.25) is 0 Å². The highest BCUT2D eigenvalue weighted by atomic mass is 16.5. The molecule has 1 fully saturated rings. The second-order valence-corrected chi connectivity index (χ2v) is 14.2. The van der Waals surface area contributed by atoms with E-state index in [2.05, 4.69) is 35.6 Å². The number of rotatable bonds is 13. The molecule has 7 N–H and O–H groups in total. The number of nitrogens with two attached hydrogens (primary N) is 2. The second kappa shape index (κ2) is 19.0. The molecule has 49 heavy (non-hydrogen) atoms. The number of allylic oxidation sites excluding steroid dienone is 1. The monoisotopic (exact) mass is 675 g/mol. The number of benzene rings is 1. The molecule has 5 rings (SSSR count). The van der Waals surface area contributed by atoms with Gasteiger partial charge in [-0.1, -0.05) is 32.1 Å². The zero-order valence-electron chi connectivity index (χ0n) is 29.7. The van der Waals surface area contributed by atoms with Crippen molar-refractivity contribution in [2.75, 3.05) is 26.9 Å². The number of ketones is 1. The van der Waals surface area contributed by atoms with E-state index < -0.39 is 6.04 Å². The minimum Gasteiger partial charge on any atom is -0.504 e. The average molecular weight is 676 g/mol. The van der Waals surface area contributed by atoms with Crippen molar-refractivity contribution in [2.45, 2.75) is 115 Å². The first-order chi connectivity index (χ1) is 23.7. The first kappa shape index (κ1) is 38.3. The molecule has 2 bridgehead atoms. The summed E-state index contributed by atoms with van der Waals surface area (Å²) in [6, 6.07) is 1.46. The third-order valence-corrected chi connectivity index (χ3v) is 10.4. The Balaban J connectivity index is 1.99. The maximum atomic E-state index is 13.2. The number of hydrogen-bond donors (Lipinski definition) is 5. The number of fused-ring (bicyclic) bond motifs is 8. The van der Waals surface area contributed by atoms with E-state index in [9.17, 15) is 20.1 Å². The number of guanidine groups is 1. The van der Waals surface area contributed by atoms with Gasteiger partial charge in [-0.15, -0.1) is 11.8 Å². The van der Waals surface area contributed by atoms with Crippen molar-refractivity contribution in [3.8, 4) is 35.2 Å². The predicted molar refractivity (Wildman–Crippen MR) is 193 cm³/mol. The molecular formula is C40H57N3O6. The molecule has 6 unspecified atom stereocenters. The lowest BCUT2D eigenvalue weighted by Gasteiger charge is -2.37. The number of aliphatic imine (C=N–C) groups is 1. The number of phenols is 1. The van der Waals surface area contributed by atoms with E-state index in [1.807, 2.05) is 13.0 Å². The summed E-state index contributed by atoms with van der Waals surface area (Å²) in [7, 11) is 1.66. The standard InChI is InChI=1S/C40H57N3O6/c1-4-9-27(23-44)20-31(46)17-15-29-22-37(49-32-12-7-8-13-32)39(47)38-33(29)19-16-28-11-6-5-10-26(2)14-18-34(38)35(25-48-3)30(24-45)21-36(28)43-40(41)42/h20,22,26,28,30,32,34-36,44-45,47H,4,7-15,17-18,21,23-25H2,1-3H3,(H4,41,42,43). The van der Waals surface area contributed by atoms with E-state index in [0.717, 1.165) is 56.1 Å². The Labute approximate surface area is 292 Å². The van der Waals surface area contributed by atoms with Gasteiger partial charge in [0.15, 0.2) is 23.2 Å². The zero-order valence-corrected chi connectivity index (χ0v) is 29.7. The number of carbonyl (C=O) groups excluding carboxylic acids is 1. The summed E-state index contributed by atoms with van der Waals surface area (Å²) in [5, 5.41) is 33.0. The molecule has 4 aliphatic rings. The van der Waals surface area contributed by atoms with Gasteiger partial charge in [0.25, 0.3) is 0 Å². The topological polar surface area (TPSA) is 161 Å². The van der Waals surface area contributed by atoms with Crippen LogP contribution < -0.4 is 16.2 Å². The van der Waals surface area contributed by atoms with Crippen LogP contribution in [0.15, 0.2) is 22.7 Å². The smallest absolute Gasteiger partial charge is 0.186 e. The second-order valence-electron chi connectivity index (χ2n) is 14.2. The third-order valence-electron chi connectivity index (χ3n) is 10.4. The Morgan fingerprint density at radius 2 is 1.86 bits per heavy atom. The van der Waals surface area contributed by atoms with Crippen LogP contribution in [0.1, 0.15) is 114 Å². The Kier molecular flexibility index (Phi) is 14.9. The van der Waals surface area contributed by atoms with Crippen molar-refractivity contribution < 1.29 is 29.6 Å². The van der Waals surface area contributed by atoms with E-state index in [-0.39, 0.29) is 66.9 Å². The van der Waals surface area contributed by atoms with Gasteiger partial charge in [-0.05, 0) is 105 Å². The maximum Gasteiger partial charge on any atom is 0.186 e. The first-order valence-corrected chi connectivity index (χ1v) is 18.2. The Morgan fingerprint density at radius 1 is 1.10 bits per heavy atom. The van der Waals surface area contributed by atoms with Gasteiger partial charge in [-0.3, -0.25) is 4.79 Å². The molecule has 4 aliphatic carbocycles. The van der Waals surface area contributed by atoms with Gasteiger partial charge in [0.05, 0.1) is 24.7 Å². The zero-order chi connectivity index (χ0) is 35.3. The fraction of sp³-hybridized carbons (Fsp3) is 0.650. The number of carbonyl (C=O) groups is 1. The van der Waals surface area contributed by atoms with Gasteiger partial charge in [0, 0.05) is 50.7 Å². The molecule has 0 saturated heterocycles. The van der Waals surface area contributed by atoms with Crippen LogP contribution in [0.4, 0.5) is 0 Å². The number of nitrogens with zero attached hydrogens (tertiary/aromatic N) is 1. The number of hydrogen-bond acceptors (Lipinski definition) is 7. The lowest BCUT2D eigenvalue weighted by atomic mass is 9.70. The fourth-order valence-electron chi connectivity index (χ4n) is 7.76. The number of aromatic hydroxyl groups is 1. The fourth-order valence-corrected chi connectivity index (χ4v) is 7.76. The number of aryl methyl sites for hydroxylation is 1. The highest BCUT2D eigenvalue weighted by Gasteiger charge is 2.38. The summed E-state index contributed by atoms with van der Waals surface area (Å²) in [6.45, 7) is 4.30. The van der Waals surface area contributed by atoms with Gasteiger partial charge in [-0.25, -0.2) is 4.99 Å². The minimum absolute atomic E-state index is 0.00236. The molecule has 6 atom stereocenters.